The molecular formula is C22H30N6O. The predicted octanol–water partition coefficient (Wildman–Crippen LogP) is 3.24. The number of hydrogen-bond acceptors (Lipinski definition) is 6. The van der Waals surface area contributed by atoms with Crippen LogP contribution in [0.25, 0.3) is 5.65 Å². The summed E-state index contributed by atoms with van der Waals surface area (Å²) < 4.78 is 7.43. The Morgan fingerprint density at radius 1 is 1.24 bits per heavy atom. The molecule has 7 nitrogen and oxygen atoms in total. The van der Waals surface area contributed by atoms with E-state index in [1.807, 2.05) is 6.20 Å². The summed E-state index contributed by atoms with van der Waals surface area (Å²) in [4.78, 5) is 11.2. The summed E-state index contributed by atoms with van der Waals surface area (Å²) in [6.45, 7) is 9.38. The minimum absolute atomic E-state index is 0.307. The molecule has 4 rings (SSSR count). The molecule has 1 aliphatic heterocycles. The van der Waals surface area contributed by atoms with Crippen molar-refractivity contribution in [3.8, 4) is 6.01 Å². The zero-order chi connectivity index (χ0) is 20.4. The van der Waals surface area contributed by atoms with E-state index in [-0.39, 0.29) is 0 Å². The Morgan fingerprint density at radius 2 is 2.10 bits per heavy atom. The lowest BCUT2D eigenvalue weighted by molar-refractivity contribution is 0.203. The Kier molecular flexibility index (Phi) is 5.67. The minimum atomic E-state index is 0.307. The summed E-state index contributed by atoms with van der Waals surface area (Å²) in [6.07, 6.45) is 5.69. The van der Waals surface area contributed by atoms with Crippen molar-refractivity contribution in [2.75, 3.05) is 18.9 Å². The van der Waals surface area contributed by atoms with Gasteiger partial charge in [0.25, 0.3) is 0 Å². The third kappa shape index (κ3) is 4.19. The number of hydrogen-bond donors (Lipinski definition) is 1. The number of unbranched alkanes of at least 4 members (excludes halogenated alkanes) is 1. The van der Waals surface area contributed by atoms with Crippen LogP contribution in [0.5, 0.6) is 6.01 Å². The third-order valence-electron chi connectivity index (χ3n) is 5.60. The van der Waals surface area contributed by atoms with Gasteiger partial charge in [-0.15, -0.1) is 5.10 Å². The first-order valence-corrected chi connectivity index (χ1v) is 10.5. The van der Waals surface area contributed by atoms with Crippen LogP contribution in [-0.4, -0.2) is 43.7 Å². The van der Waals surface area contributed by atoms with Gasteiger partial charge >= 0.3 is 6.01 Å². The molecule has 0 atom stereocenters. The van der Waals surface area contributed by atoms with Crippen LogP contribution in [0.1, 0.15) is 56.0 Å². The van der Waals surface area contributed by atoms with Gasteiger partial charge in [-0.2, -0.15) is 4.98 Å². The second-order valence-electron chi connectivity index (χ2n) is 8.06. The summed E-state index contributed by atoms with van der Waals surface area (Å²) >= 11 is 0. The fourth-order valence-electron chi connectivity index (χ4n) is 3.81. The first kappa shape index (κ1) is 19.6. The number of nitrogens with zero attached hydrogens (tertiary/aromatic N) is 5. The summed E-state index contributed by atoms with van der Waals surface area (Å²) in [5.74, 6) is 0.344. The average Bonchev–Trinajstić information content (AvgIpc) is 3.11. The van der Waals surface area contributed by atoms with E-state index < -0.39 is 0 Å². The van der Waals surface area contributed by atoms with Gasteiger partial charge < -0.3 is 10.5 Å². The van der Waals surface area contributed by atoms with Crippen LogP contribution < -0.4 is 10.5 Å². The van der Waals surface area contributed by atoms with Gasteiger partial charge in [0.2, 0.25) is 0 Å². The summed E-state index contributed by atoms with van der Waals surface area (Å²) in [7, 11) is 0. The van der Waals surface area contributed by atoms with Crippen LogP contribution in [-0.2, 0) is 19.4 Å². The number of nitrogen functional groups attached to an aromatic ring is 1. The number of ether oxygens (including phenoxy) is 1. The Hall–Kier alpha value is -2.67. The van der Waals surface area contributed by atoms with E-state index in [4.69, 9.17) is 10.5 Å². The highest BCUT2D eigenvalue weighted by molar-refractivity contribution is 5.59. The second kappa shape index (κ2) is 8.37. The van der Waals surface area contributed by atoms with Crippen molar-refractivity contribution >= 4 is 11.5 Å². The topological polar surface area (TPSA) is 81.6 Å². The van der Waals surface area contributed by atoms with Gasteiger partial charge in [-0.1, -0.05) is 31.5 Å². The zero-order valence-electron chi connectivity index (χ0n) is 17.6. The number of aromatic nitrogens is 4. The van der Waals surface area contributed by atoms with E-state index in [9.17, 15) is 0 Å². The first-order valence-electron chi connectivity index (χ1n) is 10.5. The van der Waals surface area contributed by atoms with E-state index >= 15 is 0 Å². The molecule has 3 heterocycles. The van der Waals surface area contributed by atoms with Crippen LogP contribution in [0.3, 0.4) is 0 Å². The van der Waals surface area contributed by atoms with Gasteiger partial charge in [0.15, 0.2) is 11.5 Å². The minimum Gasteiger partial charge on any atom is -0.462 e. The lowest BCUT2D eigenvalue weighted by Gasteiger charge is -2.32. The molecule has 0 saturated carbocycles. The van der Waals surface area contributed by atoms with Crippen molar-refractivity contribution in [2.24, 2.45) is 0 Å². The molecule has 0 fully saturated rings. The lowest BCUT2D eigenvalue weighted by atomic mass is 9.95. The Morgan fingerprint density at radius 3 is 2.90 bits per heavy atom. The van der Waals surface area contributed by atoms with E-state index in [1.165, 1.54) is 16.7 Å². The van der Waals surface area contributed by atoms with E-state index in [0.29, 0.717) is 30.1 Å². The number of imidazole rings is 1. The molecular weight excluding hydrogens is 364 g/mol. The maximum atomic E-state index is 6.08. The maximum Gasteiger partial charge on any atom is 0.336 e. The molecule has 1 aromatic carbocycles. The molecule has 2 N–H and O–H groups in total. The van der Waals surface area contributed by atoms with Gasteiger partial charge in [-0.25, -0.2) is 9.50 Å². The van der Waals surface area contributed by atoms with Gasteiger partial charge in [-0.05, 0) is 43.4 Å². The van der Waals surface area contributed by atoms with Crippen LogP contribution >= 0.6 is 0 Å². The molecule has 0 bridgehead atoms. The fourth-order valence-corrected chi connectivity index (χ4v) is 3.81. The van der Waals surface area contributed by atoms with Crippen LogP contribution in [0.2, 0.25) is 0 Å². The molecule has 0 unspecified atom stereocenters. The molecule has 154 valence electrons. The number of benzene rings is 1. The number of nitrogens with two attached hydrogens (primary N) is 1. The van der Waals surface area contributed by atoms with Gasteiger partial charge in [0, 0.05) is 25.6 Å². The van der Waals surface area contributed by atoms with Crippen LogP contribution in [0, 0.1) is 0 Å². The molecule has 0 saturated heterocycles. The van der Waals surface area contributed by atoms with Crippen molar-refractivity contribution in [2.45, 2.75) is 59.0 Å². The molecule has 0 amide bonds. The predicted molar refractivity (Wildman–Crippen MR) is 114 cm³/mol. The average molecular weight is 395 g/mol. The highest BCUT2D eigenvalue weighted by Gasteiger charge is 2.19. The van der Waals surface area contributed by atoms with Crippen molar-refractivity contribution in [3.05, 3.63) is 46.8 Å². The maximum absolute atomic E-state index is 6.08. The first-order chi connectivity index (χ1) is 14.0. The van der Waals surface area contributed by atoms with Gasteiger partial charge in [0.1, 0.15) is 0 Å². The molecule has 3 aromatic rings. The van der Waals surface area contributed by atoms with Crippen LogP contribution in [0.4, 0.5) is 5.82 Å². The number of rotatable bonds is 7. The van der Waals surface area contributed by atoms with E-state index in [2.05, 4.69) is 58.9 Å². The highest BCUT2D eigenvalue weighted by atomic mass is 16.5. The molecule has 7 heteroatoms. The summed E-state index contributed by atoms with van der Waals surface area (Å²) in [6, 6.07) is 7.70. The smallest absolute Gasteiger partial charge is 0.336 e. The van der Waals surface area contributed by atoms with E-state index in [1.54, 1.807) is 4.52 Å². The molecule has 2 aromatic heterocycles. The SMILES string of the molecule is CCCCOc1nc(N)c2ncc(Cc3ccc4c(c3)CCN(C(C)C)C4)n2n1. The third-order valence-corrected chi connectivity index (χ3v) is 5.60. The summed E-state index contributed by atoms with van der Waals surface area (Å²) in [5, 5.41) is 4.51. The largest absolute Gasteiger partial charge is 0.462 e. The molecule has 0 radical (unpaired) electrons. The van der Waals surface area contributed by atoms with Crippen molar-refractivity contribution in [1.29, 1.82) is 0 Å². The van der Waals surface area contributed by atoms with Crippen molar-refractivity contribution in [3.63, 3.8) is 0 Å². The Balaban J connectivity index is 1.56. The molecule has 29 heavy (non-hydrogen) atoms. The standard InChI is InChI=1S/C22H30N6O/c1-4-5-10-29-22-25-20(23)21-24-13-19(28(21)26-22)12-16-6-7-18-14-27(15(2)3)9-8-17(18)11-16/h6-7,11,13,15H,4-5,8-10,12,14H2,1-3H3,(H2,23,25,26). The molecule has 0 aliphatic carbocycles. The van der Waals surface area contributed by atoms with Crippen molar-refractivity contribution < 1.29 is 4.74 Å². The van der Waals surface area contributed by atoms with E-state index in [0.717, 1.165) is 44.5 Å². The van der Waals surface area contributed by atoms with Gasteiger partial charge in [-0.3, -0.25) is 4.90 Å². The number of fused-ring (bicyclic) bond motifs is 2. The lowest BCUT2D eigenvalue weighted by Crippen LogP contribution is -2.35. The second-order valence-corrected chi connectivity index (χ2v) is 8.06. The quantitative estimate of drug-likeness (QED) is 0.620. The molecule has 0 spiro atoms. The van der Waals surface area contributed by atoms with Gasteiger partial charge in [0.05, 0.1) is 18.5 Å². The highest BCUT2D eigenvalue weighted by Crippen LogP contribution is 2.24. The normalized spacial score (nSPS) is 14.5. The fraction of sp³-hybridized carbons (Fsp3) is 0.500. The summed E-state index contributed by atoms with van der Waals surface area (Å²) in [5.41, 5.74) is 11.8. The zero-order valence-corrected chi connectivity index (χ0v) is 17.6. The Labute approximate surface area is 171 Å². The van der Waals surface area contributed by atoms with Crippen LogP contribution in [0.15, 0.2) is 24.4 Å². The monoisotopic (exact) mass is 394 g/mol. The Bertz CT molecular complexity index is 996. The molecule has 1 aliphatic rings. The van der Waals surface area contributed by atoms with Crippen molar-refractivity contribution in [1.82, 2.24) is 24.5 Å². The number of anilines is 1.